The summed E-state index contributed by atoms with van der Waals surface area (Å²) in [5, 5.41) is 2.07. The van der Waals surface area contributed by atoms with Crippen molar-refractivity contribution < 1.29 is 9.53 Å². The van der Waals surface area contributed by atoms with E-state index in [9.17, 15) is 4.79 Å². The van der Waals surface area contributed by atoms with Crippen LogP contribution >= 0.6 is 0 Å². The lowest BCUT2D eigenvalue weighted by atomic mass is 10.1. The summed E-state index contributed by atoms with van der Waals surface area (Å²) in [6.07, 6.45) is 3.65. The number of para-hydroxylation sites is 1. The molecule has 3 heterocycles. The van der Waals surface area contributed by atoms with Crippen molar-refractivity contribution >= 4 is 27.7 Å². The van der Waals surface area contributed by atoms with Crippen LogP contribution in [0.4, 0.5) is 0 Å². The molecule has 0 spiro atoms. The third-order valence-corrected chi connectivity index (χ3v) is 5.74. The van der Waals surface area contributed by atoms with Crippen molar-refractivity contribution in [2.75, 3.05) is 39.3 Å². The van der Waals surface area contributed by atoms with Crippen molar-refractivity contribution in [3.8, 4) is 5.75 Å². The number of ether oxygens (including phenoxy) is 1. The largest absolute Gasteiger partial charge is 0.492 e. The molecule has 4 aromatic rings. The van der Waals surface area contributed by atoms with Crippen molar-refractivity contribution in [1.29, 1.82) is 0 Å². The van der Waals surface area contributed by atoms with Crippen LogP contribution in [0.15, 0.2) is 67.0 Å². The number of rotatable bonds is 5. The number of fused-ring (bicyclic) bond motifs is 2. The second-order valence-electron chi connectivity index (χ2n) is 7.58. The van der Waals surface area contributed by atoms with Gasteiger partial charge >= 0.3 is 0 Å². The fourth-order valence-electron chi connectivity index (χ4n) is 4.04. The minimum atomic E-state index is 0.0873. The summed E-state index contributed by atoms with van der Waals surface area (Å²) in [6.45, 7) is 4.66. The van der Waals surface area contributed by atoms with Gasteiger partial charge in [-0.25, -0.2) is 0 Å². The van der Waals surface area contributed by atoms with E-state index in [0.717, 1.165) is 65.8 Å². The molecule has 0 atom stereocenters. The Morgan fingerprint density at radius 1 is 1.03 bits per heavy atom. The number of hydrogen-bond acceptors (Lipinski definition) is 4. The Labute approximate surface area is 175 Å². The molecule has 30 heavy (non-hydrogen) atoms. The van der Waals surface area contributed by atoms with Crippen LogP contribution in [0.1, 0.15) is 10.4 Å². The number of hydrogen-bond donors (Lipinski definition) is 1. The minimum absolute atomic E-state index is 0.0873. The van der Waals surface area contributed by atoms with Crippen LogP contribution in [0, 0.1) is 0 Å². The zero-order valence-electron chi connectivity index (χ0n) is 16.8. The molecule has 0 saturated carbocycles. The summed E-state index contributed by atoms with van der Waals surface area (Å²) in [5.41, 5.74) is 2.71. The zero-order chi connectivity index (χ0) is 20.3. The number of pyridine rings is 1. The molecule has 1 saturated heterocycles. The van der Waals surface area contributed by atoms with Gasteiger partial charge in [-0.2, -0.15) is 0 Å². The Hall–Kier alpha value is -3.38. The smallest absolute Gasteiger partial charge is 0.254 e. The lowest BCUT2D eigenvalue weighted by Crippen LogP contribution is -2.49. The number of carbonyl (C=O) groups excluding carboxylic acids is 1. The van der Waals surface area contributed by atoms with Gasteiger partial charge in [-0.3, -0.25) is 14.7 Å². The van der Waals surface area contributed by atoms with Gasteiger partial charge in [0, 0.05) is 61.4 Å². The molecule has 2 aromatic carbocycles. The predicted molar refractivity (Wildman–Crippen MR) is 118 cm³/mol. The molecule has 1 aliphatic rings. The second-order valence-corrected chi connectivity index (χ2v) is 7.58. The third kappa shape index (κ3) is 3.74. The molecule has 0 aliphatic carbocycles. The monoisotopic (exact) mass is 400 g/mol. The van der Waals surface area contributed by atoms with Gasteiger partial charge in [-0.15, -0.1) is 0 Å². The number of H-pyrrole nitrogens is 1. The highest BCUT2D eigenvalue weighted by Crippen LogP contribution is 2.20. The Kier molecular flexibility index (Phi) is 5.07. The molecule has 0 unspecified atom stereocenters. The fraction of sp³-hybridized carbons (Fsp3) is 0.250. The third-order valence-electron chi connectivity index (χ3n) is 5.74. The van der Waals surface area contributed by atoms with Crippen molar-refractivity contribution in [3.63, 3.8) is 0 Å². The van der Waals surface area contributed by atoms with Crippen LogP contribution in [0.3, 0.4) is 0 Å². The fourth-order valence-corrected chi connectivity index (χ4v) is 4.04. The molecule has 0 radical (unpaired) electrons. The molecule has 1 N–H and O–H groups in total. The van der Waals surface area contributed by atoms with Gasteiger partial charge in [-0.1, -0.05) is 18.2 Å². The molecule has 2 aromatic heterocycles. The Morgan fingerprint density at radius 2 is 1.90 bits per heavy atom. The SMILES string of the molecule is O=C(c1ccnc2ccccc12)N1CCN(CCOc2ccc3[nH]ccc3c2)CC1. The maximum absolute atomic E-state index is 13.1. The van der Waals surface area contributed by atoms with E-state index in [1.165, 1.54) is 0 Å². The summed E-state index contributed by atoms with van der Waals surface area (Å²) >= 11 is 0. The van der Waals surface area contributed by atoms with Gasteiger partial charge < -0.3 is 14.6 Å². The number of nitrogens with one attached hydrogen (secondary N) is 1. The molecule has 0 bridgehead atoms. The van der Waals surface area contributed by atoms with Crippen molar-refractivity contribution in [2.45, 2.75) is 0 Å². The van der Waals surface area contributed by atoms with E-state index in [4.69, 9.17) is 4.74 Å². The maximum Gasteiger partial charge on any atom is 0.254 e. The lowest BCUT2D eigenvalue weighted by Gasteiger charge is -2.34. The molecule has 6 heteroatoms. The average Bonchev–Trinajstić information content (AvgIpc) is 3.27. The molecule has 5 rings (SSSR count). The van der Waals surface area contributed by atoms with Crippen molar-refractivity contribution in [2.24, 2.45) is 0 Å². The van der Waals surface area contributed by atoms with Crippen molar-refractivity contribution in [3.05, 3.63) is 72.6 Å². The van der Waals surface area contributed by atoms with E-state index in [2.05, 4.69) is 20.9 Å². The quantitative estimate of drug-likeness (QED) is 0.557. The molecular formula is C24H24N4O2. The summed E-state index contributed by atoms with van der Waals surface area (Å²) in [5.74, 6) is 0.977. The Balaban J connectivity index is 1.14. The van der Waals surface area contributed by atoms with Crippen LogP contribution in [-0.2, 0) is 0 Å². The number of aromatic amines is 1. The van der Waals surface area contributed by atoms with Crippen molar-refractivity contribution in [1.82, 2.24) is 19.8 Å². The number of piperazine rings is 1. The first-order valence-corrected chi connectivity index (χ1v) is 10.3. The number of aromatic nitrogens is 2. The van der Waals surface area contributed by atoms with Gasteiger partial charge in [0.1, 0.15) is 12.4 Å². The number of carbonyl (C=O) groups is 1. The zero-order valence-corrected chi connectivity index (χ0v) is 16.8. The first-order chi connectivity index (χ1) is 14.8. The maximum atomic E-state index is 13.1. The predicted octanol–water partition coefficient (Wildman–Crippen LogP) is 3.55. The second kappa shape index (κ2) is 8.16. The lowest BCUT2D eigenvalue weighted by molar-refractivity contribution is 0.0622. The summed E-state index contributed by atoms with van der Waals surface area (Å²) in [4.78, 5) is 24.9. The number of amides is 1. The van der Waals surface area contributed by atoms with Crippen LogP contribution < -0.4 is 4.74 Å². The molecule has 6 nitrogen and oxygen atoms in total. The van der Waals surface area contributed by atoms with Gasteiger partial charge in [0.05, 0.1) is 11.1 Å². The van der Waals surface area contributed by atoms with Gasteiger partial charge in [0.25, 0.3) is 5.91 Å². The summed E-state index contributed by atoms with van der Waals surface area (Å²) in [7, 11) is 0. The molecule has 1 fully saturated rings. The highest BCUT2D eigenvalue weighted by Gasteiger charge is 2.23. The van der Waals surface area contributed by atoms with E-state index in [-0.39, 0.29) is 5.91 Å². The summed E-state index contributed by atoms with van der Waals surface area (Å²) in [6, 6.07) is 17.8. The average molecular weight is 400 g/mol. The highest BCUT2D eigenvalue weighted by atomic mass is 16.5. The minimum Gasteiger partial charge on any atom is -0.492 e. The van der Waals surface area contributed by atoms with E-state index in [0.29, 0.717) is 6.61 Å². The Morgan fingerprint density at radius 3 is 2.80 bits per heavy atom. The van der Waals surface area contributed by atoms with Gasteiger partial charge in [0.2, 0.25) is 0 Å². The molecule has 1 amide bonds. The van der Waals surface area contributed by atoms with Crippen LogP contribution in [-0.4, -0.2) is 65.0 Å². The molecule has 152 valence electrons. The van der Waals surface area contributed by atoms with E-state index < -0.39 is 0 Å². The van der Waals surface area contributed by atoms with E-state index in [1.807, 2.05) is 59.6 Å². The number of nitrogens with zero attached hydrogens (tertiary/aromatic N) is 3. The molecule has 1 aliphatic heterocycles. The standard InChI is InChI=1S/C24H24N4O2/c29-24(21-8-10-26-23-4-2-1-3-20(21)23)28-13-11-27(12-14-28)15-16-30-19-5-6-22-18(17-19)7-9-25-22/h1-10,17,25H,11-16H2. The van der Waals surface area contributed by atoms with E-state index >= 15 is 0 Å². The van der Waals surface area contributed by atoms with E-state index in [1.54, 1.807) is 6.20 Å². The van der Waals surface area contributed by atoms with Gasteiger partial charge in [0.15, 0.2) is 0 Å². The first kappa shape index (κ1) is 18.6. The van der Waals surface area contributed by atoms with Crippen LogP contribution in [0.2, 0.25) is 0 Å². The highest BCUT2D eigenvalue weighted by molar-refractivity contribution is 6.06. The summed E-state index contributed by atoms with van der Waals surface area (Å²) < 4.78 is 5.94. The first-order valence-electron chi connectivity index (χ1n) is 10.3. The van der Waals surface area contributed by atoms with Crippen LogP contribution in [0.25, 0.3) is 21.8 Å². The molecular weight excluding hydrogens is 376 g/mol. The van der Waals surface area contributed by atoms with Crippen LogP contribution in [0.5, 0.6) is 5.75 Å². The normalized spacial score (nSPS) is 15.0. The Bertz CT molecular complexity index is 1170. The van der Waals surface area contributed by atoms with Gasteiger partial charge in [-0.05, 0) is 36.4 Å². The number of benzene rings is 2. The topological polar surface area (TPSA) is 61.5 Å².